The average molecular weight is 341 g/mol. The van der Waals surface area contributed by atoms with Gasteiger partial charge >= 0.3 is 0 Å². The molecule has 2 N–H and O–H groups in total. The molecule has 4 rings (SSSR count). The van der Waals surface area contributed by atoms with Gasteiger partial charge in [0.05, 0.1) is 12.6 Å². The lowest BCUT2D eigenvalue weighted by atomic mass is 10.0. The van der Waals surface area contributed by atoms with Gasteiger partial charge in [0.25, 0.3) is 5.91 Å². The van der Waals surface area contributed by atoms with Crippen LogP contribution in [0.25, 0.3) is 0 Å². The fraction of sp³-hybridized carbons (Fsp3) is 0.278. The van der Waals surface area contributed by atoms with Gasteiger partial charge in [-0.3, -0.25) is 9.79 Å². The third kappa shape index (κ3) is 2.55. The first-order chi connectivity index (χ1) is 11.6. The smallest absolute Gasteiger partial charge is 0.272 e. The molecule has 5 nitrogen and oxygen atoms in total. The summed E-state index contributed by atoms with van der Waals surface area (Å²) in [7, 11) is 0. The molecule has 1 aromatic heterocycles. The van der Waals surface area contributed by atoms with Crippen molar-refractivity contribution in [1.82, 2.24) is 9.88 Å². The summed E-state index contributed by atoms with van der Waals surface area (Å²) in [6, 6.07) is 11.4. The van der Waals surface area contributed by atoms with Crippen molar-refractivity contribution in [3.05, 3.63) is 63.9 Å². The van der Waals surface area contributed by atoms with E-state index in [9.17, 15) is 4.79 Å². The quantitative estimate of drug-likeness (QED) is 0.913. The maximum absolute atomic E-state index is 13.0. The molecule has 1 saturated heterocycles. The molecule has 122 valence electrons. The number of nitrogens with two attached hydrogens (primary N) is 1. The number of fused-ring (bicyclic) bond motifs is 1. The zero-order valence-electron chi connectivity index (χ0n) is 13.1. The van der Waals surface area contributed by atoms with Crippen LogP contribution in [0, 0.1) is 0 Å². The summed E-state index contributed by atoms with van der Waals surface area (Å²) in [5, 5.41) is 0.699. The first-order valence-electron chi connectivity index (χ1n) is 8.00. The van der Waals surface area contributed by atoms with Crippen LogP contribution in [0.5, 0.6) is 0 Å². The van der Waals surface area contributed by atoms with Crippen molar-refractivity contribution < 1.29 is 4.79 Å². The minimum atomic E-state index is -0.0602. The number of carbonyl (C=O) groups excluding carboxylic acids is 1. The highest BCUT2D eigenvalue weighted by Gasteiger charge is 2.31. The van der Waals surface area contributed by atoms with Crippen LogP contribution in [0.4, 0.5) is 0 Å². The van der Waals surface area contributed by atoms with Gasteiger partial charge in [-0.25, -0.2) is 4.98 Å². The van der Waals surface area contributed by atoms with Crippen molar-refractivity contribution in [1.29, 1.82) is 0 Å². The normalized spacial score (nSPS) is 19.3. The van der Waals surface area contributed by atoms with Crippen LogP contribution < -0.4 is 5.73 Å². The second-order valence-electron chi connectivity index (χ2n) is 6.11. The van der Waals surface area contributed by atoms with Crippen molar-refractivity contribution >= 4 is 23.3 Å². The summed E-state index contributed by atoms with van der Waals surface area (Å²) in [6.45, 7) is 1.27. The second kappa shape index (κ2) is 5.91. The maximum atomic E-state index is 13.0. The molecule has 0 radical (unpaired) electrons. The molecule has 0 unspecified atom stereocenters. The Morgan fingerprint density at radius 3 is 2.79 bits per heavy atom. The number of hydrogen-bond donors (Lipinski definition) is 1. The van der Waals surface area contributed by atoms with Gasteiger partial charge in [-0.05, 0) is 36.6 Å². The van der Waals surface area contributed by atoms with Gasteiger partial charge in [-0.2, -0.15) is 0 Å². The van der Waals surface area contributed by atoms with Crippen LogP contribution in [-0.4, -0.2) is 28.2 Å². The van der Waals surface area contributed by atoms with Crippen LogP contribution >= 0.6 is 11.6 Å². The van der Waals surface area contributed by atoms with Crippen molar-refractivity contribution in [2.75, 3.05) is 6.54 Å². The Bertz CT molecular complexity index is 831. The first-order valence-corrected chi connectivity index (χ1v) is 8.38. The topological polar surface area (TPSA) is 71.6 Å². The van der Waals surface area contributed by atoms with Crippen molar-refractivity contribution in [2.45, 2.75) is 25.4 Å². The maximum Gasteiger partial charge on any atom is 0.272 e. The van der Waals surface area contributed by atoms with Gasteiger partial charge in [0, 0.05) is 17.1 Å². The van der Waals surface area contributed by atoms with Crippen LogP contribution in [0.3, 0.4) is 0 Å². The minimum Gasteiger partial charge on any atom is -0.382 e. The van der Waals surface area contributed by atoms with Crippen LogP contribution in [0.15, 0.2) is 41.4 Å². The Hall–Kier alpha value is -2.40. The third-order valence-corrected chi connectivity index (χ3v) is 4.88. The Labute approximate surface area is 145 Å². The standard InChI is InChI=1S/C18H17ClN4O/c19-13-6-3-11(4-7-13)15-2-1-9-23(15)18(24)14-8-5-12-10-21-17(20)16(12)22-14/h3-8,15H,1-2,9-10H2,(H2,20,21)/t15-/m0/s1. The zero-order valence-corrected chi connectivity index (χ0v) is 13.8. The number of benzene rings is 1. The highest BCUT2D eigenvalue weighted by atomic mass is 35.5. The highest BCUT2D eigenvalue weighted by Crippen LogP contribution is 2.33. The summed E-state index contributed by atoms with van der Waals surface area (Å²) < 4.78 is 0. The van der Waals surface area contributed by atoms with Gasteiger partial charge in [0.2, 0.25) is 0 Å². The number of amidine groups is 1. The molecule has 1 amide bonds. The Morgan fingerprint density at radius 2 is 2.00 bits per heavy atom. The monoisotopic (exact) mass is 340 g/mol. The summed E-state index contributed by atoms with van der Waals surface area (Å²) in [5.41, 5.74) is 8.99. The van der Waals surface area contributed by atoms with E-state index in [1.165, 1.54) is 0 Å². The molecule has 2 aliphatic rings. The van der Waals surface area contributed by atoms with Gasteiger partial charge in [0.15, 0.2) is 0 Å². The second-order valence-corrected chi connectivity index (χ2v) is 6.55. The van der Waals surface area contributed by atoms with Crippen molar-refractivity contribution in [3.8, 4) is 0 Å². The van der Waals surface area contributed by atoms with E-state index in [2.05, 4.69) is 9.98 Å². The molecule has 1 aromatic carbocycles. The number of aromatic nitrogens is 1. The largest absolute Gasteiger partial charge is 0.382 e. The zero-order chi connectivity index (χ0) is 16.7. The highest BCUT2D eigenvalue weighted by molar-refractivity contribution is 6.30. The number of likely N-dealkylation sites (tertiary alicyclic amines) is 1. The summed E-state index contributed by atoms with van der Waals surface area (Å²) in [4.78, 5) is 23.5. The lowest BCUT2D eigenvalue weighted by Gasteiger charge is -2.25. The molecule has 2 aromatic rings. The Balaban J connectivity index is 1.63. The van der Waals surface area contributed by atoms with E-state index < -0.39 is 0 Å². The van der Waals surface area contributed by atoms with E-state index in [1.54, 1.807) is 6.07 Å². The number of hydrogen-bond acceptors (Lipinski definition) is 4. The number of rotatable bonds is 2. The van der Waals surface area contributed by atoms with E-state index in [-0.39, 0.29) is 11.9 Å². The van der Waals surface area contributed by atoms with Crippen LogP contribution in [0.2, 0.25) is 5.02 Å². The predicted molar refractivity (Wildman–Crippen MR) is 93.1 cm³/mol. The molecule has 0 bridgehead atoms. The molecular weight excluding hydrogens is 324 g/mol. The molecule has 24 heavy (non-hydrogen) atoms. The molecule has 0 spiro atoms. The van der Waals surface area contributed by atoms with E-state index in [4.69, 9.17) is 17.3 Å². The summed E-state index contributed by atoms with van der Waals surface area (Å²) in [6.07, 6.45) is 1.93. The molecule has 2 aliphatic heterocycles. The molecule has 0 aliphatic carbocycles. The van der Waals surface area contributed by atoms with E-state index >= 15 is 0 Å². The number of nitrogens with zero attached hydrogens (tertiary/aromatic N) is 3. The Morgan fingerprint density at radius 1 is 1.21 bits per heavy atom. The van der Waals surface area contributed by atoms with E-state index in [0.29, 0.717) is 28.8 Å². The minimum absolute atomic E-state index is 0.0602. The lowest BCUT2D eigenvalue weighted by molar-refractivity contribution is 0.0729. The van der Waals surface area contributed by atoms with Crippen molar-refractivity contribution in [2.24, 2.45) is 10.7 Å². The SMILES string of the molecule is NC1=NCc2ccc(C(=O)N3CCC[C@H]3c3ccc(Cl)cc3)nc21. The number of amides is 1. The van der Waals surface area contributed by atoms with Crippen molar-refractivity contribution in [3.63, 3.8) is 0 Å². The number of pyridine rings is 1. The molecule has 1 fully saturated rings. The van der Waals surface area contributed by atoms with Gasteiger partial charge < -0.3 is 10.6 Å². The Kier molecular flexibility index (Phi) is 3.73. The van der Waals surface area contributed by atoms with E-state index in [0.717, 1.165) is 30.5 Å². The molecule has 0 saturated carbocycles. The predicted octanol–water partition coefficient (Wildman–Crippen LogP) is 2.93. The fourth-order valence-electron chi connectivity index (χ4n) is 3.39. The number of carbonyl (C=O) groups is 1. The molecule has 3 heterocycles. The summed E-state index contributed by atoms with van der Waals surface area (Å²) >= 11 is 5.97. The van der Waals surface area contributed by atoms with Gasteiger partial charge in [-0.15, -0.1) is 0 Å². The molecule has 1 atom stereocenters. The first kappa shape index (κ1) is 15.1. The molecular formula is C18H17ClN4O. The lowest BCUT2D eigenvalue weighted by Crippen LogP contribution is -2.31. The average Bonchev–Trinajstić information content (AvgIpc) is 3.22. The number of halogens is 1. The summed E-state index contributed by atoms with van der Waals surface area (Å²) in [5.74, 6) is 0.352. The van der Waals surface area contributed by atoms with Crippen LogP contribution in [0.1, 0.15) is 46.2 Å². The van der Waals surface area contributed by atoms with Crippen LogP contribution in [-0.2, 0) is 6.54 Å². The number of aliphatic imine (C=N–C) groups is 1. The third-order valence-electron chi connectivity index (χ3n) is 4.63. The van der Waals surface area contributed by atoms with Gasteiger partial charge in [0.1, 0.15) is 17.2 Å². The van der Waals surface area contributed by atoms with Gasteiger partial charge in [-0.1, -0.05) is 29.8 Å². The van der Waals surface area contributed by atoms with E-state index in [1.807, 2.05) is 35.2 Å². The molecule has 6 heteroatoms. The fourth-order valence-corrected chi connectivity index (χ4v) is 3.52.